The van der Waals surface area contributed by atoms with Gasteiger partial charge in [-0.2, -0.15) is 4.98 Å². The fourth-order valence-electron chi connectivity index (χ4n) is 16.8. The third-order valence-corrected chi connectivity index (χ3v) is 21.0. The fourth-order valence-corrected chi connectivity index (χ4v) is 16.8. The summed E-state index contributed by atoms with van der Waals surface area (Å²) in [6, 6.07) is 100. The van der Waals surface area contributed by atoms with E-state index in [0.29, 0.717) is 17.4 Å². The molecule has 0 amide bonds. The summed E-state index contributed by atoms with van der Waals surface area (Å²) < 4.78 is 9.74. The predicted molar refractivity (Wildman–Crippen MR) is 397 cm³/mol. The van der Waals surface area contributed by atoms with Gasteiger partial charge in [0.25, 0.3) is 0 Å². The quantitative estimate of drug-likeness (QED) is 0.171. The minimum Gasteiger partial charge on any atom is -0.309 e. The molecular weight excluding hydrogens is 1170 g/mol. The van der Waals surface area contributed by atoms with Crippen LogP contribution in [0.2, 0.25) is 0 Å². The number of fused-ring (bicyclic) bond motifs is 25. The number of rotatable bonds is 5. The SMILES string of the molecule is c1ccc2cc3c(cc2c1)c1c2c(cc4c5ccccc5n3c41)c1ccccc1n2-c1ccc(-c2nc(-c3ccc4cc(-c5ccc6c(c5)c5cc7c8ccccc8n(-c8ncc9cccnc9n8)c7c7c8cc9ccccc9cc8n6c57)ccc4c3)c3ccccc3n2)cc1. The van der Waals surface area contributed by atoms with Gasteiger partial charge in [0, 0.05) is 105 Å². The van der Waals surface area contributed by atoms with Crippen molar-refractivity contribution >= 4 is 174 Å². The Morgan fingerprint density at radius 2 is 0.750 bits per heavy atom. The van der Waals surface area contributed by atoms with E-state index in [1.54, 1.807) is 6.20 Å². The van der Waals surface area contributed by atoms with E-state index in [0.717, 1.165) is 82.5 Å². The fraction of sp³-hybridized carbons (Fsp3) is 0. The molecule has 0 aliphatic carbocycles. The number of hydrogen-bond acceptors (Lipinski definition) is 5. The minimum atomic E-state index is 0.598. The van der Waals surface area contributed by atoms with Crippen LogP contribution >= 0.6 is 0 Å². The van der Waals surface area contributed by atoms with Crippen molar-refractivity contribution in [3.63, 3.8) is 0 Å². The summed E-state index contributed by atoms with van der Waals surface area (Å²) in [6.45, 7) is 0. The maximum atomic E-state index is 5.47. The zero-order valence-corrected chi connectivity index (χ0v) is 51.2. The predicted octanol–water partition coefficient (Wildman–Crippen LogP) is 21.9. The second-order valence-electron chi connectivity index (χ2n) is 26.0. The maximum Gasteiger partial charge on any atom is 0.236 e. The molecule has 0 atom stereocenters. The van der Waals surface area contributed by atoms with Gasteiger partial charge in [-0.25, -0.2) is 19.9 Å². The first-order valence-corrected chi connectivity index (χ1v) is 32.7. The van der Waals surface area contributed by atoms with Crippen molar-refractivity contribution in [2.45, 2.75) is 0 Å². The molecule has 0 radical (unpaired) electrons. The van der Waals surface area contributed by atoms with Crippen LogP contribution in [-0.2, 0) is 0 Å². The molecule has 0 bridgehead atoms. The summed E-state index contributed by atoms with van der Waals surface area (Å²) in [5.74, 6) is 1.28. The second-order valence-corrected chi connectivity index (χ2v) is 26.0. The number of para-hydroxylation sites is 4. The van der Waals surface area contributed by atoms with Crippen molar-refractivity contribution in [3.8, 4) is 45.4 Å². The van der Waals surface area contributed by atoms with Crippen molar-refractivity contribution in [3.05, 3.63) is 285 Å². The average molecular weight is 1220 g/mol. The molecule has 9 nitrogen and oxygen atoms in total. The molecule has 0 saturated heterocycles. The Bertz CT molecular complexity index is 7390. The van der Waals surface area contributed by atoms with Gasteiger partial charge in [-0.05, 0) is 165 Å². The van der Waals surface area contributed by atoms with E-state index in [9.17, 15) is 0 Å². The molecule has 0 fully saturated rings. The Hall–Kier alpha value is -13.1. The smallest absolute Gasteiger partial charge is 0.236 e. The van der Waals surface area contributed by atoms with Gasteiger partial charge in [0.1, 0.15) is 0 Å². The van der Waals surface area contributed by atoms with Crippen molar-refractivity contribution in [2.75, 3.05) is 0 Å². The molecule has 0 saturated carbocycles. The standard InChI is InChI=1S/C87H47N9/c1-3-16-51-43-76-69(41-49(51)14-1)78-81-65(45-66-61-20-7-11-25-73(61)94(76)82(66)78)60-19-6-10-24-72(60)93(81)59-34-31-48(32-35-59)86-90-71-23-9-5-22-63(71)80(91-86)57-30-29-53-38-54(27-28-55(53)39-57)56-33-36-75-64(40-56)68-46-67-62-21-8-12-26-74(62)96(87-89-47-58-18-13-37-88-85(58)92-87)84(67)79-70-42-50-15-2-4-17-52(50)44-77(70)95(75)83(68)79/h1-47H. The normalized spacial score (nSPS) is 12.6. The lowest BCUT2D eigenvalue weighted by Gasteiger charge is -2.12. The first-order chi connectivity index (χ1) is 47.6. The molecule has 440 valence electrons. The van der Waals surface area contributed by atoms with Crippen LogP contribution in [0.5, 0.6) is 0 Å². The molecule has 23 rings (SSSR count). The monoisotopic (exact) mass is 1220 g/mol. The van der Waals surface area contributed by atoms with Crippen molar-refractivity contribution < 1.29 is 0 Å². The summed E-state index contributed by atoms with van der Waals surface area (Å²) in [6.07, 6.45) is 3.69. The highest BCUT2D eigenvalue weighted by atomic mass is 15.2. The topological polar surface area (TPSA) is 83.1 Å². The van der Waals surface area contributed by atoms with Gasteiger partial charge in [0.2, 0.25) is 5.95 Å². The highest BCUT2D eigenvalue weighted by Crippen LogP contribution is 2.50. The molecule has 0 unspecified atom stereocenters. The van der Waals surface area contributed by atoms with Gasteiger partial charge in [0.15, 0.2) is 11.5 Å². The van der Waals surface area contributed by atoms with Crippen LogP contribution in [0.4, 0.5) is 0 Å². The first-order valence-electron chi connectivity index (χ1n) is 32.7. The lowest BCUT2D eigenvalue weighted by molar-refractivity contribution is 1.00. The average Bonchev–Trinajstić information content (AvgIpc) is 1.52. The molecule has 0 spiro atoms. The molecule has 96 heavy (non-hydrogen) atoms. The molecule has 23 aromatic rings. The van der Waals surface area contributed by atoms with Gasteiger partial charge in [-0.1, -0.05) is 152 Å². The largest absolute Gasteiger partial charge is 0.309 e. The lowest BCUT2D eigenvalue weighted by atomic mass is 9.96. The van der Waals surface area contributed by atoms with E-state index in [-0.39, 0.29) is 0 Å². The Morgan fingerprint density at radius 1 is 0.260 bits per heavy atom. The van der Waals surface area contributed by atoms with E-state index in [4.69, 9.17) is 19.9 Å². The number of pyridine rings is 1. The van der Waals surface area contributed by atoms with Crippen LogP contribution in [0.3, 0.4) is 0 Å². The maximum absolute atomic E-state index is 5.47. The zero-order valence-electron chi connectivity index (χ0n) is 51.2. The molecule has 0 aliphatic rings. The highest BCUT2D eigenvalue weighted by Gasteiger charge is 2.28. The summed E-state index contributed by atoms with van der Waals surface area (Å²) in [5, 5.41) is 23.7. The Kier molecular flexibility index (Phi) is 9.66. The second kappa shape index (κ2) is 18.3. The highest BCUT2D eigenvalue weighted by molar-refractivity contribution is 6.37. The molecule has 14 aromatic carbocycles. The van der Waals surface area contributed by atoms with Crippen LogP contribution in [0.15, 0.2) is 285 Å². The van der Waals surface area contributed by atoms with Crippen molar-refractivity contribution in [1.82, 2.24) is 42.9 Å². The van der Waals surface area contributed by atoms with E-state index < -0.39 is 0 Å². The lowest BCUT2D eigenvalue weighted by Crippen LogP contribution is -2.01. The number of hydrogen-bond donors (Lipinski definition) is 0. The Balaban J connectivity index is 0.648. The third kappa shape index (κ3) is 6.69. The van der Waals surface area contributed by atoms with Gasteiger partial charge >= 0.3 is 0 Å². The first kappa shape index (κ1) is 50.5. The summed E-state index contributed by atoms with van der Waals surface area (Å²) >= 11 is 0. The minimum absolute atomic E-state index is 0.598. The van der Waals surface area contributed by atoms with E-state index in [2.05, 4.69) is 284 Å². The molecule has 9 heteroatoms. The van der Waals surface area contributed by atoms with E-state index >= 15 is 0 Å². The van der Waals surface area contributed by atoms with Crippen LogP contribution in [-0.4, -0.2) is 42.9 Å². The van der Waals surface area contributed by atoms with Gasteiger partial charge in [0.05, 0.1) is 66.4 Å². The Labute approximate surface area is 544 Å². The molecule has 9 aromatic heterocycles. The van der Waals surface area contributed by atoms with Crippen LogP contribution in [0.1, 0.15) is 0 Å². The molecule has 0 N–H and O–H groups in total. The van der Waals surface area contributed by atoms with Crippen LogP contribution in [0.25, 0.3) is 219 Å². The number of aromatic nitrogens is 9. The summed E-state index contributed by atoms with van der Waals surface area (Å²) in [7, 11) is 0. The van der Waals surface area contributed by atoms with Crippen LogP contribution in [0, 0.1) is 0 Å². The van der Waals surface area contributed by atoms with E-state index in [1.807, 2.05) is 18.3 Å². The van der Waals surface area contributed by atoms with Crippen LogP contribution < -0.4 is 0 Å². The Morgan fingerprint density at radius 3 is 1.44 bits per heavy atom. The summed E-state index contributed by atoms with van der Waals surface area (Å²) in [5.41, 5.74) is 19.6. The summed E-state index contributed by atoms with van der Waals surface area (Å²) in [4.78, 5) is 25.6. The van der Waals surface area contributed by atoms with Gasteiger partial charge in [-0.15, -0.1) is 0 Å². The number of nitrogens with zero attached hydrogens (tertiary/aromatic N) is 9. The molecule has 9 heterocycles. The van der Waals surface area contributed by atoms with Gasteiger partial charge in [-0.3, -0.25) is 4.57 Å². The van der Waals surface area contributed by atoms with Gasteiger partial charge < -0.3 is 13.4 Å². The molecule has 0 aliphatic heterocycles. The van der Waals surface area contributed by atoms with E-state index in [1.165, 1.54) is 120 Å². The van der Waals surface area contributed by atoms with Crippen molar-refractivity contribution in [2.24, 2.45) is 0 Å². The van der Waals surface area contributed by atoms with Crippen molar-refractivity contribution in [1.29, 1.82) is 0 Å². The third-order valence-electron chi connectivity index (χ3n) is 21.0. The number of benzene rings is 14. The zero-order chi connectivity index (χ0) is 62.2. The molecular formula is C87H47N9.